The van der Waals surface area contributed by atoms with Crippen molar-refractivity contribution < 1.29 is 9.53 Å². The van der Waals surface area contributed by atoms with Gasteiger partial charge in [-0.1, -0.05) is 0 Å². The molecule has 1 aromatic rings. The minimum atomic E-state index is -0.491. The lowest BCUT2D eigenvalue weighted by Crippen LogP contribution is -2.33. The van der Waals surface area contributed by atoms with E-state index >= 15 is 0 Å². The van der Waals surface area contributed by atoms with Crippen LogP contribution in [0.4, 0.5) is 5.69 Å². The molecule has 0 atom stereocenters. The summed E-state index contributed by atoms with van der Waals surface area (Å²) in [6.45, 7) is 3.75. The molecule has 74 valence electrons. The molecule has 3 nitrogen and oxygen atoms in total. The van der Waals surface area contributed by atoms with Crippen molar-refractivity contribution in [3.8, 4) is 5.75 Å². The van der Waals surface area contributed by atoms with Crippen LogP contribution in [0.5, 0.6) is 5.75 Å². The molecule has 3 heteroatoms. The maximum Gasteiger partial charge on any atom is 0.189 e. The fraction of sp³-hybridized carbons (Fsp3) is 0.364. The average molecular weight is 191 g/mol. The van der Waals surface area contributed by atoms with Gasteiger partial charge in [0.2, 0.25) is 0 Å². The van der Waals surface area contributed by atoms with E-state index in [1.165, 1.54) is 0 Å². The molecule has 1 heterocycles. The number of ketones is 1. The third-order valence-electron chi connectivity index (χ3n) is 2.49. The highest BCUT2D eigenvalue weighted by Crippen LogP contribution is 2.34. The van der Waals surface area contributed by atoms with Gasteiger partial charge in [0.1, 0.15) is 5.75 Å². The molecule has 1 N–H and O–H groups in total. The predicted molar refractivity (Wildman–Crippen MR) is 55.0 cm³/mol. The molecule has 0 fully saturated rings. The van der Waals surface area contributed by atoms with Crippen molar-refractivity contribution in [1.82, 2.24) is 0 Å². The Morgan fingerprint density at radius 1 is 1.36 bits per heavy atom. The van der Waals surface area contributed by atoms with Crippen molar-refractivity contribution in [2.45, 2.75) is 19.4 Å². The van der Waals surface area contributed by atoms with Crippen molar-refractivity contribution in [2.24, 2.45) is 0 Å². The molecule has 0 saturated heterocycles. The molecule has 0 spiro atoms. The summed E-state index contributed by atoms with van der Waals surface area (Å²) < 4.78 is 5.08. The first kappa shape index (κ1) is 9.06. The number of carbonyl (C=O) groups excluding carboxylic acids is 1. The Morgan fingerprint density at radius 2 is 2.07 bits per heavy atom. The quantitative estimate of drug-likeness (QED) is 0.738. The number of ether oxygens (including phenoxy) is 1. The number of hydrogen-bond acceptors (Lipinski definition) is 3. The lowest BCUT2D eigenvalue weighted by Gasteiger charge is -2.15. The number of Topliss-reactive ketones (excluding diaryl/α,β-unsaturated/α-hetero) is 1. The van der Waals surface area contributed by atoms with Crippen molar-refractivity contribution in [2.75, 3.05) is 12.4 Å². The second-order valence-corrected chi connectivity index (χ2v) is 3.99. The normalized spacial score (nSPS) is 17.5. The Morgan fingerprint density at radius 3 is 2.71 bits per heavy atom. The van der Waals surface area contributed by atoms with Gasteiger partial charge in [0.05, 0.1) is 12.6 Å². The van der Waals surface area contributed by atoms with Crippen LogP contribution >= 0.6 is 0 Å². The van der Waals surface area contributed by atoms with Crippen molar-refractivity contribution in [1.29, 1.82) is 0 Å². The number of anilines is 1. The first-order chi connectivity index (χ1) is 6.54. The van der Waals surface area contributed by atoms with E-state index in [4.69, 9.17) is 4.74 Å². The Bertz CT molecular complexity index is 396. The lowest BCUT2D eigenvalue weighted by atomic mass is 9.98. The van der Waals surface area contributed by atoms with Gasteiger partial charge in [-0.3, -0.25) is 4.79 Å². The summed E-state index contributed by atoms with van der Waals surface area (Å²) in [5, 5.41) is 3.17. The molecule has 0 aromatic heterocycles. The molecule has 1 aliphatic heterocycles. The molecule has 0 amide bonds. The minimum absolute atomic E-state index is 0.117. The first-order valence-electron chi connectivity index (χ1n) is 4.55. The summed E-state index contributed by atoms with van der Waals surface area (Å²) in [5.41, 5.74) is 1.12. The molecule has 0 unspecified atom stereocenters. The number of benzene rings is 1. The highest BCUT2D eigenvalue weighted by Gasteiger charge is 2.36. The van der Waals surface area contributed by atoms with Gasteiger partial charge in [-0.05, 0) is 32.0 Å². The fourth-order valence-electron chi connectivity index (χ4n) is 1.68. The molecule has 1 aromatic carbocycles. The number of fused-ring (bicyclic) bond motifs is 1. The summed E-state index contributed by atoms with van der Waals surface area (Å²) in [7, 11) is 1.60. The van der Waals surface area contributed by atoms with E-state index in [1.54, 1.807) is 13.2 Å². The summed E-state index contributed by atoms with van der Waals surface area (Å²) in [5.74, 6) is 0.836. The topological polar surface area (TPSA) is 38.3 Å². The Balaban J connectivity index is 2.51. The molecule has 0 bridgehead atoms. The zero-order valence-corrected chi connectivity index (χ0v) is 8.55. The third-order valence-corrected chi connectivity index (χ3v) is 2.49. The highest BCUT2D eigenvalue weighted by molar-refractivity contribution is 6.13. The van der Waals surface area contributed by atoms with Crippen molar-refractivity contribution in [3.63, 3.8) is 0 Å². The van der Waals surface area contributed by atoms with Gasteiger partial charge in [0.25, 0.3) is 0 Å². The molecule has 1 aliphatic rings. The molecular formula is C11H13NO2. The van der Waals surface area contributed by atoms with E-state index < -0.39 is 5.54 Å². The number of methoxy groups -OCH3 is 1. The maximum absolute atomic E-state index is 11.9. The SMILES string of the molecule is COc1ccc2c(c1)C(=O)C(C)(C)N2. The van der Waals surface area contributed by atoms with E-state index in [-0.39, 0.29) is 5.78 Å². The van der Waals surface area contributed by atoms with E-state index in [9.17, 15) is 4.79 Å². The van der Waals surface area contributed by atoms with E-state index in [2.05, 4.69) is 5.32 Å². The summed E-state index contributed by atoms with van der Waals surface area (Å²) in [4.78, 5) is 11.9. The fourth-order valence-corrected chi connectivity index (χ4v) is 1.68. The average Bonchev–Trinajstić information content (AvgIpc) is 2.38. The number of hydrogen-bond donors (Lipinski definition) is 1. The first-order valence-corrected chi connectivity index (χ1v) is 4.55. The minimum Gasteiger partial charge on any atom is -0.497 e. The zero-order valence-electron chi connectivity index (χ0n) is 8.55. The van der Waals surface area contributed by atoms with Crippen molar-refractivity contribution >= 4 is 11.5 Å². The Hall–Kier alpha value is -1.51. The third kappa shape index (κ3) is 1.16. The van der Waals surface area contributed by atoms with Crippen LogP contribution in [0.25, 0.3) is 0 Å². The van der Waals surface area contributed by atoms with Gasteiger partial charge in [0, 0.05) is 11.3 Å². The van der Waals surface area contributed by atoms with Crippen LogP contribution in [-0.4, -0.2) is 18.4 Å². The molecular weight excluding hydrogens is 178 g/mol. The summed E-state index contributed by atoms with van der Waals surface area (Å²) >= 11 is 0. The molecule has 14 heavy (non-hydrogen) atoms. The molecule has 0 aliphatic carbocycles. The van der Waals surface area contributed by atoms with Crippen LogP contribution in [0.15, 0.2) is 18.2 Å². The van der Waals surface area contributed by atoms with Crippen LogP contribution in [0, 0.1) is 0 Å². The monoisotopic (exact) mass is 191 g/mol. The largest absolute Gasteiger partial charge is 0.497 e. The maximum atomic E-state index is 11.9. The van der Waals surface area contributed by atoms with Gasteiger partial charge in [0.15, 0.2) is 5.78 Å². The molecule has 2 rings (SSSR count). The Labute approximate surface area is 83.1 Å². The second kappa shape index (κ2) is 2.74. The predicted octanol–water partition coefficient (Wildman–Crippen LogP) is 2.08. The highest BCUT2D eigenvalue weighted by atomic mass is 16.5. The molecule has 0 radical (unpaired) electrons. The summed E-state index contributed by atoms with van der Waals surface area (Å²) in [6.07, 6.45) is 0. The summed E-state index contributed by atoms with van der Waals surface area (Å²) in [6, 6.07) is 5.50. The van der Waals surface area contributed by atoms with Crippen molar-refractivity contribution in [3.05, 3.63) is 23.8 Å². The standard InChI is InChI=1S/C11H13NO2/c1-11(2)10(13)8-6-7(14-3)4-5-9(8)12-11/h4-6,12H,1-3H3. The van der Waals surface area contributed by atoms with E-state index in [1.807, 2.05) is 26.0 Å². The van der Waals surface area contributed by atoms with Gasteiger partial charge < -0.3 is 10.1 Å². The van der Waals surface area contributed by atoms with Crippen LogP contribution in [0.2, 0.25) is 0 Å². The van der Waals surface area contributed by atoms with Gasteiger partial charge in [-0.25, -0.2) is 0 Å². The second-order valence-electron chi connectivity index (χ2n) is 3.99. The van der Waals surface area contributed by atoms with Crippen LogP contribution < -0.4 is 10.1 Å². The number of carbonyl (C=O) groups is 1. The smallest absolute Gasteiger partial charge is 0.189 e. The van der Waals surface area contributed by atoms with Gasteiger partial charge >= 0.3 is 0 Å². The van der Waals surface area contributed by atoms with Gasteiger partial charge in [-0.2, -0.15) is 0 Å². The van der Waals surface area contributed by atoms with E-state index in [0.29, 0.717) is 5.56 Å². The van der Waals surface area contributed by atoms with Crippen LogP contribution in [-0.2, 0) is 0 Å². The zero-order chi connectivity index (χ0) is 10.3. The lowest BCUT2D eigenvalue weighted by molar-refractivity contribution is 0.0939. The van der Waals surface area contributed by atoms with E-state index in [0.717, 1.165) is 11.4 Å². The van der Waals surface area contributed by atoms with Crippen LogP contribution in [0.1, 0.15) is 24.2 Å². The molecule has 0 saturated carbocycles. The number of nitrogens with one attached hydrogen (secondary N) is 1. The van der Waals surface area contributed by atoms with Crippen LogP contribution in [0.3, 0.4) is 0 Å². The van der Waals surface area contributed by atoms with Gasteiger partial charge in [-0.15, -0.1) is 0 Å². The number of rotatable bonds is 1. The Kier molecular flexibility index (Phi) is 1.77.